The Morgan fingerprint density at radius 2 is 1.88 bits per heavy atom. The van der Waals surface area contributed by atoms with E-state index in [1.165, 1.54) is 0 Å². The van der Waals surface area contributed by atoms with Crippen molar-refractivity contribution in [2.75, 3.05) is 18.8 Å². The summed E-state index contributed by atoms with van der Waals surface area (Å²) in [5.41, 5.74) is 9.97. The number of aromatic nitrogens is 4. The molecule has 0 aliphatic carbocycles. The maximum atomic E-state index is 10.1. The van der Waals surface area contributed by atoms with Gasteiger partial charge in [0.25, 0.3) is 0 Å². The van der Waals surface area contributed by atoms with Crippen LogP contribution in [0.25, 0.3) is 22.4 Å². The van der Waals surface area contributed by atoms with Crippen molar-refractivity contribution in [3.8, 4) is 28.1 Å². The number of para-hydroxylation sites is 1. The number of aryl methyl sites for hydroxylation is 1. The second-order valence-electron chi connectivity index (χ2n) is 6.64. The summed E-state index contributed by atoms with van der Waals surface area (Å²) in [5.74, 6) is 0.525. The molecule has 7 nitrogen and oxygen atoms in total. The van der Waals surface area contributed by atoms with Gasteiger partial charge in [-0.15, -0.1) is 10.2 Å². The van der Waals surface area contributed by atoms with Gasteiger partial charge < -0.3 is 16.2 Å². The van der Waals surface area contributed by atoms with E-state index in [0.29, 0.717) is 23.1 Å². The van der Waals surface area contributed by atoms with E-state index in [9.17, 15) is 5.11 Å². The topological polar surface area (TPSA) is 102 Å². The van der Waals surface area contributed by atoms with Gasteiger partial charge in [0.05, 0.1) is 17.4 Å². The minimum absolute atomic E-state index is 0.166. The summed E-state index contributed by atoms with van der Waals surface area (Å²) in [6, 6.07) is 9.34. The van der Waals surface area contributed by atoms with Crippen molar-refractivity contribution in [3.63, 3.8) is 0 Å². The van der Waals surface area contributed by atoms with Crippen LogP contribution in [-0.2, 0) is 0 Å². The molecule has 1 saturated heterocycles. The van der Waals surface area contributed by atoms with Crippen LogP contribution in [0.2, 0.25) is 0 Å². The number of phenols is 1. The number of phenolic OH excluding ortho intramolecular Hbond substituents is 1. The zero-order valence-corrected chi connectivity index (χ0v) is 14.7. The molecule has 0 amide bonds. The van der Waals surface area contributed by atoms with Crippen LogP contribution in [0.1, 0.15) is 24.6 Å². The first-order valence-electron chi connectivity index (χ1n) is 8.82. The highest BCUT2D eigenvalue weighted by Crippen LogP contribution is 2.34. The Kier molecular flexibility index (Phi) is 4.30. The highest BCUT2D eigenvalue weighted by atomic mass is 16.3. The predicted octanol–water partition coefficient (Wildman–Crippen LogP) is 2.53. The van der Waals surface area contributed by atoms with E-state index in [4.69, 9.17) is 10.8 Å². The number of anilines is 1. The van der Waals surface area contributed by atoms with E-state index < -0.39 is 0 Å². The van der Waals surface area contributed by atoms with Crippen LogP contribution in [0, 0.1) is 6.92 Å². The van der Waals surface area contributed by atoms with E-state index >= 15 is 0 Å². The Hall–Kier alpha value is -2.93. The van der Waals surface area contributed by atoms with E-state index in [2.05, 4.69) is 15.5 Å². The van der Waals surface area contributed by atoms with E-state index in [1.807, 2.05) is 36.0 Å². The lowest BCUT2D eigenvalue weighted by atomic mass is 10.0. The van der Waals surface area contributed by atoms with Crippen molar-refractivity contribution in [1.29, 1.82) is 0 Å². The Morgan fingerprint density at radius 3 is 2.65 bits per heavy atom. The van der Waals surface area contributed by atoms with Gasteiger partial charge in [0.2, 0.25) is 0 Å². The van der Waals surface area contributed by atoms with Crippen LogP contribution < -0.4 is 11.1 Å². The maximum Gasteiger partial charge on any atom is 0.154 e. The number of hydrogen-bond acceptors (Lipinski definition) is 6. The highest BCUT2D eigenvalue weighted by Gasteiger charge is 2.20. The molecule has 134 valence electrons. The maximum absolute atomic E-state index is 10.1. The molecule has 1 aromatic carbocycles. The number of nitrogens with one attached hydrogen (secondary N) is 1. The van der Waals surface area contributed by atoms with Gasteiger partial charge in [-0.2, -0.15) is 5.10 Å². The van der Waals surface area contributed by atoms with Gasteiger partial charge >= 0.3 is 0 Å². The molecule has 2 aromatic heterocycles. The fraction of sp³-hybridized carbons (Fsp3) is 0.316. The Labute approximate surface area is 151 Å². The number of hydrogen-bond donors (Lipinski definition) is 3. The second-order valence-corrected chi connectivity index (χ2v) is 6.64. The molecule has 3 heterocycles. The average Bonchev–Trinajstić information content (AvgIpc) is 3.05. The summed E-state index contributed by atoms with van der Waals surface area (Å²) in [5, 5.41) is 26.4. The molecule has 4 rings (SSSR count). The quantitative estimate of drug-likeness (QED) is 0.671. The van der Waals surface area contributed by atoms with Crippen LogP contribution in [0.15, 0.2) is 36.5 Å². The van der Waals surface area contributed by atoms with Crippen molar-refractivity contribution < 1.29 is 5.11 Å². The van der Waals surface area contributed by atoms with Crippen molar-refractivity contribution >= 4 is 5.82 Å². The van der Waals surface area contributed by atoms with Crippen LogP contribution >= 0.6 is 0 Å². The van der Waals surface area contributed by atoms with Crippen LogP contribution in [0.3, 0.4) is 0 Å². The molecular formula is C19H22N6O. The van der Waals surface area contributed by atoms with E-state index in [-0.39, 0.29) is 5.75 Å². The van der Waals surface area contributed by atoms with Gasteiger partial charge in [-0.3, -0.25) is 4.68 Å². The number of nitrogens with two attached hydrogens (primary N) is 1. The van der Waals surface area contributed by atoms with Crippen molar-refractivity contribution in [1.82, 2.24) is 25.3 Å². The molecule has 26 heavy (non-hydrogen) atoms. The molecule has 7 heteroatoms. The monoisotopic (exact) mass is 350 g/mol. The normalized spacial score (nSPS) is 15.3. The fourth-order valence-corrected chi connectivity index (χ4v) is 3.44. The second kappa shape index (κ2) is 6.76. The minimum atomic E-state index is 0.166. The third-order valence-corrected chi connectivity index (χ3v) is 4.89. The summed E-state index contributed by atoms with van der Waals surface area (Å²) in [6.07, 6.45) is 4.18. The fourth-order valence-electron chi connectivity index (χ4n) is 3.44. The molecule has 0 spiro atoms. The number of nitrogens with zero attached hydrogens (tertiary/aromatic N) is 4. The van der Waals surface area contributed by atoms with Gasteiger partial charge in [0, 0.05) is 22.9 Å². The van der Waals surface area contributed by atoms with Crippen molar-refractivity contribution in [3.05, 3.63) is 42.2 Å². The highest BCUT2D eigenvalue weighted by molar-refractivity contribution is 5.79. The lowest BCUT2D eigenvalue weighted by Gasteiger charge is -2.22. The Bertz CT molecular complexity index is 930. The van der Waals surface area contributed by atoms with Crippen LogP contribution in [-0.4, -0.2) is 38.2 Å². The molecule has 0 atom stereocenters. The van der Waals surface area contributed by atoms with Crippen LogP contribution in [0.5, 0.6) is 5.75 Å². The van der Waals surface area contributed by atoms with Gasteiger partial charge in [-0.05, 0) is 51.1 Å². The Balaban J connectivity index is 1.75. The van der Waals surface area contributed by atoms with Gasteiger partial charge in [0.15, 0.2) is 5.82 Å². The smallest absolute Gasteiger partial charge is 0.154 e. The van der Waals surface area contributed by atoms with Gasteiger partial charge in [-0.25, -0.2) is 0 Å². The summed E-state index contributed by atoms with van der Waals surface area (Å²) >= 11 is 0. The Morgan fingerprint density at radius 1 is 1.12 bits per heavy atom. The zero-order chi connectivity index (χ0) is 18.1. The molecule has 0 radical (unpaired) electrons. The molecule has 4 N–H and O–H groups in total. The first kappa shape index (κ1) is 16.5. The van der Waals surface area contributed by atoms with Crippen LogP contribution in [0.4, 0.5) is 5.82 Å². The SMILES string of the molecule is Cc1nn(C2CCNCC2)cc1-c1cc(-c2ccccc2O)nnc1N. The largest absolute Gasteiger partial charge is 0.507 e. The molecule has 0 bridgehead atoms. The number of nitrogen functional groups attached to an aromatic ring is 1. The van der Waals surface area contributed by atoms with Crippen molar-refractivity contribution in [2.45, 2.75) is 25.8 Å². The lowest BCUT2D eigenvalue weighted by molar-refractivity contribution is 0.342. The molecule has 1 aliphatic heterocycles. The molecular weight excluding hydrogens is 328 g/mol. The number of rotatable bonds is 3. The minimum Gasteiger partial charge on any atom is -0.507 e. The van der Waals surface area contributed by atoms with Gasteiger partial charge in [0.1, 0.15) is 5.75 Å². The molecule has 0 unspecified atom stereocenters. The van der Waals surface area contributed by atoms with E-state index in [1.54, 1.807) is 12.1 Å². The summed E-state index contributed by atoms with van der Waals surface area (Å²) in [4.78, 5) is 0. The molecule has 0 saturated carbocycles. The summed E-state index contributed by atoms with van der Waals surface area (Å²) in [6.45, 7) is 4.00. The molecule has 1 fully saturated rings. The van der Waals surface area contributed by atoms with Gasteiger partial charge in [-0.1, -0.05) is 12.1 Å². The average molecular weight is 350 g/mol. The lowest BCUT2D eigenvalue weighted by Crippen LogP contribution is -2.29. The number of aromatic hydroxyl groups is 1. The summed E-state index contributed by atoms with van der Waals surface area (Å²) in [7, 11) is 0. The van der Waals surface area contributed by atoms with E-state index in [0.717, 1.165) is 42.8 Å². The third kappa shape index (κ3) is 3.01. The summed E-state index contributed by atoms with van der Waals surface area (Å²) < 4.78 is 2.05. The number of piperidine rings is 1. The number of benzene rings is 1. The van der Waals surface area contributed by atoms with Crippen molar-refractivity contribution in [2.24, 2.45) is 0 Å². The predicted molar refractivity (Wildman–Crippen MR) is 101 cm³/mol. The zero-order valence-electron chi connectivity index (χ0n) is 14.7. The third-order valence-electron chi connectivity index (χ3n) is 4.89. The first-order valence-corrected chi connectivity index (χ1v) is 8.82. The molecule has 1 aliphatic rings. The standard InChI is InChI=1S/C19H22N6O/c1-12-16(11-25(24-12)13-6-8-21-9-7-13)15-10-17(22-23-19(15)20)14-4-2-3-5-18(14)26/h2-5,10-11,13,21,26H,6-9H2,1H3,(H2,20,23). The molecule has 3 aromatic rings. The first-order chi connectivity index (χ1) is 12.6.